The molecule has 4 N–H and O–H groups in total. The largest absolute Gasteiger partial charge is 0.393 e. The van der Waals surface area contributed by atoms with E-state index in [1.807, 2.05) is 13.0 Å². The van der Waals surface area contributed by atoms with Gasteiger partial charge in [-0.25, -0.2) is 0 Å². The molecule has 2 unspecified atom stereocenters. The van der Waals surface area contributed by atoms with Gasteiger partial charge in [-0.1, -0.05) is 37.1 Å². The molecule has 1 aliphatic heterocycles. The Morgan fingerprint density at radius 2 is 1.92 bits per heavy atom. The number of carbonyl (C=O) groups is 1. The van der Waals surface area contributed by atoms with E-state index < -0.39 is 5.54 Å². The number of aliphatic hydroxyl groups is 1. The Hall–Kier alpha value is -1.43. The van der Waals surface area contributed by atoms with Gasteiger partial charge in [-0.05, 0) is 43.7 Å². The summed E-state index contributed by atoms with van der Waals surface area (Å²) in [6.45, 7) is 5.29. The Bertz CT molecular complexity index is 609. The molecule has 2 aliphatic rings. The number of nitrogens with zero attached hydrogens (tertiary/aromatic N) is 1. The molecule has 2 atom stereocenters. The van der Waals surface area contributed by atoms with Gasteiger partial charge in [-0.2, -0.15) is 0 Å². The lowest BCUT2D eigenvalue weighted by molar-refractivity contribution is -0.128. The van der Waals surface area contributed by atoms with Gasteiger partial charge in [0.25, 0.3) is 0 Å². The second-order valence-electron chi connectivity index (χ2n) is 8.30. The molecular formula is C21H33N3O2. The minimum atomic E-state index is -0.392. The molecule has 1 aliphatic carbocycles. The molecule has 0 spiro atoms. The van der Waals surface area contributed by atoms with Crippen LogP contribution in [-0.4, -0.2) is 40.6 Å². The zero-order valence-electron chi connectivity index (χ0n) is 15.9. The first-order valence-corrected chi connectivity index (χ1v) is 9.99. The minimum absolute atomic E-state index is 0.0885. The monoisotopic (exact) mass is 359 g/mol. The molecule has 26 heavy (non-hydrogen) atoms. The van der Waals surface area contributed by atoms with E-state index in [1.165, 1.54) is 11.1 Å². The van der Waals surface area contributed by atoms with Gasteiger partial charge in [0.2, 0.25) is 5.91 Å². The topological polar surface area (TPSA) is 78.6 Å². The van der Waals surface area contributed by atoms with Crippen molar-refractivity contribution in [1.82, 2.24) is 10.2 Å². The highest BCUT2D eigenvalue weighted by Crippen LogP contribution is 2.31. The van der Waals surface area contributed by atoms with E-state index in [9.17, 15) is 9.90 Å². The average Bonchev–Trinajstić information content (AvgIpc) is 2.62. The summed E-state index contributed by atoms with van der Waals surface area (Å²) in [5, 5.41) is 12.8. The van der Waals surface area contributed by atoms with E-state index in [-0.39, 0.29) is 17.9 Å². The van der Waals surface area contributed by atoms with Crippen LogP contribution in [0.3, 0.4) is 0 Å². The highest BCUT2D eigenvalue weighted by molar-refractivity contribution is 5.80. The van der Waals surface area contributed by atoms with Crippen molar-refractivity contribution in [1.29, 1.82) is 0 Å². The standard InChI is InChI=1S/C21H33N3O2/c1-21(22)11-5-4-8-19(21)20(26)23-14-16-6-2-3-7-17(16)15-24-12-9-18(25)10-13-24/h2-3,6-7,18-19,25H,4-5,8-15,22H2,1H3,(H,23,26). The number of nitrogens with two attached hydrogens (primary N) is 1. The zero-order chi connectivity index (χ0) is 18.6. The van der Waals surface area contributed by atoms with Gasteiger partial charge in [0.15, 0.2) is 0 Å². The fraction of sp³-hybridized carbons (Fsp3) is 0.667. The van der Waals surface area contributed by atoms with Gasteiger partial charge in [-0.15, -0.1) is 0 Å². The molecule has 1 amide bonds. The summed E-state index contributed by atoms with van der Waals surface area (Å²) in [7, 11) is 0. The minimum Gasteiger partial charge on any atom is -0.393 e. The summed E-state index contributed by atoms with van der Waals surface area (Å²) < 4.78 is 0. The molecular weight excluding hydrogens is 326 g/mol. The van der Waals surface area contributed by atoms with Crippen LogP contribution in [0.4, 0.5) is 0 Å². The molecule has 1 heterocycles. The molecule has 1 saturated carbocycles. The lowest BCUT2D eigenvalue weighted by atomic mass is 9.74. The molecule has 1 saturated heterocycles. The molecule has 1 aromatic carbocycles. The zero-order valence-corrected chi connectivity index (χ0v) is 15.9. The summed E-state index contributed by atoms with van der Waals surface area (Å²) in [6.07, 6.45) is 5.54. The second kappa shape index (κ2) is 8.51. The number of hydrogen-bond donors (Lipinski definition) is 3. The predicted octanol–water partition coefficient (Wildman–Crippen LogP) is 2.17. The van der Waals surface area contributed by atoms with Crippen LogP contribution in [-0.2, 0) is 17.9 Å². The number of piperidine rings is 1. The molecule has 5 nitrogen and oxygen atoms in total. The molecule has 144 valence electrons. The van der Waals surface area contributed by atoms with Crippen molar-refractivity contribution in [2.45, 2.75) is 70.2 Å². The van der Waals surface area contributed by atoms with Crippen LogP contribution < -0.4 is 11.1 Å². The van der Waals surface area contributed by atoms with Crippen LogP contribution in [0.5, 0.6) is 0 Å². The SMILES string of the molecule is CC1(N)CCCCC1C(=O)NCc1ccccc1CN1CCC(O)CC1. The summed E-state index contributed by atoms with van der Waals surface area (Å²) in [5.41, 5.74) is 8.40. The van der Waals surface area contributed by atoms with E-state index in [4.69, 9.17) is 5.73 Å². The molecule has 5 heteroatoms. The summed E-state index contributed by atoms with van der Waals surface area (Å²) in [5.74, 6) is -0.00223. The maximum atomic E-state index is 12.7. The van der Waals surface area contributed by atoms with Crippen molar-refractivity contribution in [2.24, 2.45) is 11.7 Å². The van der Waals surface area contributed by atoms with Gasteiger partial charge in [0, 0.05) is 31.7 Å². The molecule has 0 aromatic heterocycles. The van der Waals surface area contributed by atoms with Gasteiger partial charge in [-0.3, -0.25) is 9.69 Å². The fourth-order valence-electron chi connectivity index (χ4n) is 4.30. The van der Waals surface area contributed by atoms with Crippen molar-refractivity contribution in [2.75, 3.05) is 13.1 Å². The number of hydrogen-bond acceptors (Lipinski definition) is 4. The maximum Gasteiger partial charge on any atom is 0.225 e. The van der Waals surface area contributed by atoms with Gasteiger partial charge in [0.1, 0.15) is 0 Å². The van der Waals surface area contributed by atoms with Crippen molar-refractivity contribution in [3.05, 3.63) is 35.4 Å². The molecule has 2 fully saturated rings. The Morgan fingerprint density at radius 3 is 2.62 bits per heavy atom. The summed E-state index contributed by atoms with van der Waals surface area (Å²) in [6, 6.07) is 8.31. The quantitative estimate of drug-likeness (QED) is 0.753. The Kier molecular flexibility index (Phi) is 6.33. The van der Waals surface area contributed by atoms with Crippen molar-refractivity contribution in [3.63, 3.8) is 0 Å². The van der Waals surface area contributed by atoms with Gasteiger partial charge < -0.3 is 16.2 Å². The Balaban J connectivity index is 1.59. The maximum absolute atomic E-state index is 12.7. The highest BCUT2D eigenvalue weighted by atomic mass is 16.3. The molecule has 0 radical (unpaired) electrons. The van der Waals surface area contributed by atoms with Crippen molar-refractivity contribution >= 4 is 5.91 Å². The van der Waals surface area contributed by atoms with Crippen LogP contribution in [0.2, 0.25) is 0 Å². The first-order chi connectivity index (χ1) is 12.5. The number of amides is 1. The Morgan fingerprint density at radius 1 is 1.23 bits per heavy atom. The predicted molar refractivity (Wildman–Crippen MR) is 103 cm³/mol. The number of carbonyl (C=O) groups excluding carboxylic acids is 1. The van der Waals surface area contributed by atoms with E-state index in [0.717, 1.165) is 58.2 Å². The normalized spacial score (nSPS) is 28.0. The lowest BCUT2D eigenvalue weighted by Crippen LogP contribution is -2.52. The van der Waals surface area contributed by atoms with E-state index in [1.54, 1.807) is 0 Å². The number of aliphatic hydroxyl groups excluding tert-OH is 1. The van der Waals surface area contributed by atoms with Gasteiger partial charge >= 0.3 is 0 Å². The van der Waals surface area contributed by atoms with E-state index in [2.05, 4.69) is 28.4 Å². The smallest absolute Gasteiger partial charge is 0.225 e. The highest BCUT2D eigenvalue weighted by Gasteiger charge is 2.37. The van der Waals surface area contributed by atoms with E-state index >= 15 is 0 Å². The number of rotatable bonds is 5. The number of nitrogens with one attached hydrogen (secondary N) is 1. The number of likely N-dealkylation sites (tertiary alicyclic amines) is 1. The molecule has 1 aromatic rings. The average molecular weight is 360 g/mol. The molecule has 3 rings (SSSR count). The van der Waals surface area contributed by atoms with Gasteiger partial charge in [0.05, 0.1) is 12.0 Å². The fourth-order valence-corrected chi connectivity index (χ4v) is 4.30. The van der Waals surface area contributed by atoms with Crippen LogP contribution in [0, 0.1) is 5.92 Å². The lowest BCUT2D eigenvalue weighted by Gasteiger charge is -2.37. The third kappa shape index (κ3) is 4.84. The first-order valence-electron chi connectivity index (χ1n) is 9.99. The van der Waals surface area contributed by atoms with Crippen LogP contribution in [0.1, 0.15) is 56.6 Å². The summed E-state index contributed by atoms with van der Waals surface area (Å²) >= 11 is 0. The first kappa shape index (κ1) is 19.3. The Labute approximate surface area is 156 Å². The van der Waals surface area contributed by atoms with E-state index in [0.29, 0.717) is 6.54 Å². The van der Waals surface area contributed by atoms with Crippen molar-refractivity contribution in [3.8, 4) is 0 Å². The van der Waals surface area contributed by atoms with Crippen LogP contribution >= 0.6 is 0 Å². The third-order valence-electron chi connectivity index (χ3n) is 6.09. The van der Waals surface area contributed by atoms with Crippen LogP contribution in [0.15, 0.2) is 24.3 Å². The number of benzene rings is 1. The van der Waals surface area contributed by atoms with Crippen LogP contribution in [0.25, 0.3) is 0 Å². The summed E-state index contributed by atoms with van der Waals surface area (Å²) in [4.78, 5) is 15.1. The van der Waals surface area contributed by atoms with Crippen molar-refractivity contribution < 1.29 is 9.90 Å². The second-order valence-corrected chi connectivity index (χ2v) is 8.30. The molecule has 0 bridgehead atoms. The third-order valence-corrected chi connectivity index (χ3v) is 6.09.